The second kappa shape index (κ2) is 2.77. The number of carbonyl (C=O) groups is 3. The number of carbonyl (C=O) groups excluding carboxylic acids is 3. The van der Waals surface area contributed by atoms with Gasteiger partial charge in [-0.1, -0.05) is 0 Å². The molecule has 3 nitrogen and oxygen atoms in total. The average molecular weight is 206 g/mol. The largest absolute Gasteiger partial charge is 0.300 e. The molecule has 0 spiro atoms. The van der Waals surface area contributed by atoms with Gasteiger partial charge in [-0.15, -0.1) is 0 Å². The van der Waals surface area contributed by atoms with Crippen LogP contribution < -0.4 is 0 Å². The van der Waals surface area contributed by atoms with Gasteiger partial charge < -0.3 is 0 Å². The van der Waals surface area contributed by atoms with Crippen molar-refractivity contribution in [3.05, 3.63) is 0 Å². The molecule has 0 aromatic rings. The van der Waals surface area contributed by atoms with Crippen LogP contribution in [0, 0.1) is 29.6 Å². The van der Waals surface area contributed by atoms with Gasteiger partial charge in [0, 0.05) is 29.6 Å². The number of ketones is 3. The fourth-order valence-electron chi connectivity index (χ4n) is 3.95. The maximum absolute atomic E-state index is 11.9. The molecule has 4 aliphatic carbocycles. The zero-order valence-electron chi connectivity index (χ0n) is 8.73. The van der Waals surface area contributed by atoms with Gasteiger partial charge in [0.2, 0.25) is 0 Å². The second-order valence-corrected chi connectivity index (χ2v) is 5.26. The minimum absolute atomic E-state index is 0.0329. The molecule has 0 unspecified atom stereocenters. The maximum atomic E-state index is 11.9. The van der Waals surface area contributed by atoms with Gasteiger partial charge in [0.25, 0.3) is 0 Å². The molecule has 0 N–H and O–H groups in total. The Morgan fingerprint density at radius 1 is 1.00 bits per heavy atom. The Kier molecular flexibility index (Phi) is 1.71. The van der Waals surface area contributed by atoms with Crippen molar-refractivity contribution in [3.8, 4) is 0 Å². The summed E-state index contributed by atoms with van der Waals surface area (Å²) in [7, 11) is 0. The highest BCUT2D eigenvalue weighted by molar-refractivity contribution is 6.01. The Labute approximate surface area is 88.2 Å². The zero-order chi connectivity index (χ0) is 10.7. The molecule has 3 heteroatoms. The summed E-state index contributed by atoms with van der Waals surface area (Å²) in [5, 5.41) is 0. The summed E-state index contributed by atoms with van der Waals surface area (Å²) >= 11 is 0. The summed E-state index contributed by atoms with van der Waals surface area (Å²) in [5.41, 5.74) is 0. The lowest BCUT2D eigenvalue weighted by Crippen LogP contribution is -2.57. The standard InChI is InChI=1S/C12H14O3/c1-5(13)10-8-3-6-2-7(12(8)15)4-9(10)11(6)14/h6-10H,2-4H2,1H3/t6-,7-,8+,9+/m0/s1. The molecule has 0 aromatic heterocycles. The van der Waals surface area contributed by atoms with E-state index in [1.807, 2.05) is 0 Å². The lowest BCUT2D eigenvalue weighted by atomic mass is 9.50. The highest BCUT2D eigenvalue weighted by Gasteiger charge is 2.58. The second-order valence-electron chi connectivity index (χ2n) is 5.26. The summed E-state index contributed by atoms with van der Waals surface area (Å²) in [6.07, 6.45) is 2.05. The molecule has 4 saturated carbocycles. The van der Waals surface area contributed by atoms with E-state index in [0.29, 0.717) is 12.8 Å². The third-order valence-electron chi connectivity index (χ3n) is 4.52. The molecule has 4 atom stereocenters. The first-order chi connectivity index (χ1) is 7.09. The predicted octanol–water partition coefficient (Wildman–Crippen LogP) is 1.01. The Bertz CT molecular complexity index is 343. The number of Topliss-reactive ketones (excluding diaryl/α,β-unsaturated/α-hetero) is 3. The van der Waals surface area contributed by atoms with E-state index >= 15 is 0 Å². The van der Waals surface area contributed by atoms with Crippen LogP contribution in [0.15, 0.2) is 0 Å². The molecule has 0 aliphatic heterocycles. The summed E-state index contributed by atoms with van der Waals surface area (Å²) < 4.78 is 0. The van der Waals surface area contributed by atoms with Gasteiger partial charge in [0.15, 0.2) is 0 Å². The normalized spacial score (nSPS) is 47.4. The number of hydrogen-bond donors (Lipinski definition) is 0. The molecule has 0 radical (unpaired) electrons. The van der Waals surface area contributed by atoms with E-state index in [0.717, 1.165) is 6.42 Å². The van der Waals surface area contributed by atoms with Crippen LogP contribution in [-0.2, 0) is 14.4 Å². The first kappa shape index (κ1) is 9.25. The third-order valence-corrected chi connectivity index (χ3v) is 4.52. The van der Waals surface area contributed by atoms with Gasteiger partial charge in [-0.3, -0.25) is 14.4 Å². The van der Waals surface area contributed by atoms with Crippen LogP contribution in [-0.4, -0.2) is 17.3 Å². The molecule has 4 rings (SSSR count). The Morgan fingerprint density at radius 2 is 1.47 bits per heavy atom. The van der Waals surface area contributed by atoms with Crippen molar-refractivity contribution in [2.75, 3.05) is 0 Å². The van der Waals surface area contributed by atoms with E-state index in [4.69, 9.17) is 0 Å². The first-order valence-electron chi connectivity index (χ1n) is 5.67. The Balaban J connectivity index is 2.03. The van der Waals surface area contributed by atoms with Gasteiger partial charge in [-0.2, -0.15) is 0 Å². The summed E-state index contributed by atoms with van der Waals surface area (Å²) in [6, 6.07) is 0. The van der Waals surface area contributed by atoms with Crippen LogP contribution in [0.3, 0.4) is 0 Å². The van der Waals surface area contributed by atoms with Crippen LogP contribution in [0.5, 0.6) is 0 Å². The number of rotatable bonds is 1. The topological polar surface area (TPSA) is 51.2 Å². The van der Waals surface area contributed by atoms with E-state index in [1.54, 1.807) is 0 Å². The monoisotopic (exact) mass is 206 g/mol. The van der Waals surface area contributed by atoms with Crippen molar-refractivity contribution < 1.29 is 14.4 Å². The van der Waals surface area contributed by atoms with Crippen LogP contribution in [0.2, 0.25) is 0 Å². The highest BCUT2D eigenvalue weighted by Crippen LogP contribution is 2.53. The van der Waals surface area contributed by atoms with E-state index in [-0.39, 0.29) is 46.9 Å². The minimum atomic E-state index is -0.280. The molecule has 0 amide bonds. The van der Waals surface area contributed by atoms with Gasteiger partial charge in [0.1, 0.15) is 17.3 Å². The van der Waals surface area contributed by atoms with Gasteiger partial charge >= 0.3 is 0 Å². The van der Waals surface area contributed by atoms with E-state index in [1.165, 1.54) is 6.92 Å². The van der Waals surface area contributed by atoms with Crippen molar-refractivity contribution in [3.63, 3.8) is 0 Å². The predicted molar refractivity (Wildman–Crippen MR) is 52.0 cm³/mol. The quantitative estimate of drug-likeness (QED) is 0.643. The summed E-state index contributed by atoms with van der Waals surface area (Å²) in [4.78, 5) is 35.4. The molecule has 0 saturated heterocycles. The zero-order valence-corrected chi connectivity index (χ0v) is 8.73. The first-order valence-corrected chi connectivity index (χ1v) is 5.67. The van der Waals surface area contributed by atoms with E-state index in [2.05, 4.69) is 0 Å². The average Bonchev–Trinajstić information content (AvgIpc) is 2.15. The molecular weight excluding hydrogens is 192 g/mol. The van der Waals surface area contributed by atoms with Crippen molar-refractivity contribution >= 4 is 17.3 Å². The fourth-order valence-corrected chi connectivity index (χ4v) is 3.95. The number of hydrogen-bond acceptors (Lipinski definition) is 3. The van der Waals surface area contributed by atoms with Crippen molar-refractivity contribution in [1.29, 1.82) is 0 Å². The molecule has 0 heterocycles. The molecule has 80 valence electrons. The smallest absolute Gasteiger partial charge is 0.139 e. The third kappa shape index (κ3) is 1.04. The molecular formula is C12H14O3. The van der Waals surface area contributed by atoms with Crippen molar-refractivity contribution in [1.82, 2.24) is 0 Å². The lowest BCUT2D eigenvalue weighted by Gasteiger charge is -2.51. The lowest BCUT2D eigenvalue weighted by molar-refractivity contribution is -0.162. The van der Waals surface area contributed by atoms with E-state index < -0.39 is 0 Å². The SMILES string of the molecule is CC(=O)C1[C@H]2C[C@@H]3C[C@@H](C[C@H]1C3=O)C2=O. The van der Waals surface area contributed by atoms with Crippen LogP contribution >= 0.6 is 0 Å². The Morgan fingerprint density at radius 3 is 1.87 bits per heavy atom. The fraction of sp³-hybridized carbons (Fsp3) is 0.750. The summed E-state index contributed by atoms with van der Waals surface area (Å²) in [6.45, 7) is 1.52. The summed E-state index contributed by atoms with van der Waals surface area (Å²) in [5.74, 6) is 0.207. The van der Waals surface area contributed by atoms with Crippen LogP contribution in [0.1, 0.15) is 26.2 Å². The van der Waals surface area contributed by atoms with Crippen LogP contribution in [0.25, 0.3) is 0 Å². The van der Waals surface area contributed by atoms with Crippen molar-refractivity contribution in [2.45, 2.75) is 26.2 Å². The molecule has 4 fully saturated rings. The minimum Gasteiger partial charge on any atom is -0.300 e. The maximum Gasteiger partial charge on any atom is 0.139 e. The van der Waals surface area contributed by atoms with Gasteiger partial charge in [0.05, 0.1) is 0 Å². The Hall–Kier alpha value is -0.990. The molecule has 4 aliphatic rings. The highest BCUT2D eigenvalue weighted by atomic mass is 16.1. The van der Waals surface area contributed by atoms with Crippen LogP contribution in [0.4, 0.5) is 0 Å². The van der Waals surface area contributed by atoms with Crippen molar-refractivity contribution in [2.24, 2.45) is 29.6 Å². The van der Waals surface area contributed by atoms with E-state index in [9.17, 15) is 14.4 Å². The molecule has 15 heavy (non-hydrogen) atoms. The molecule has 0 aromatic carbocycles. The van der Waals surface area contributed by atoms with Gasteiger partial charge in [-0.25, -0.2) is 0 Å². The molecule has 4 bridgehead atoms. The van der Waals surface area contributed by atoms with Gasteiger partial charge in [-0.05, 0) is 26.2 Å².